The van der Waals surface area contributed by atoms with Gasteiger partial charge in [0, 0.05) is 6.07 Å². The molecule has 21 heavy (non-hydrogen) atoms. The van der Waals surface area contributed by atoms with Gasteiger partial charge in [-0.15, -0.1) is 10.2 Å². The molecule has 0 unspecified atom stereocenters. The summed E-state index contributed by atoms with van der Waals surface area (Å²) in [5.41, 5.74) is -0.625. The molecule has 8 nitrogen and oxygen atoms in total. The molecule has 0 aliphatic heterocycles. The molecule has 0 atom stereocenters. The second-order valence-corrected chi connectivity index (χ2v) is 7.31. The van der Waals surface area contributed by atoms with Crippen molar-refractivity contribution in [2.75, 3.05) is 5.75 Å². The minimum atomic E-state index is -0.664. The van der Waals surface area contributed by atoms with Crippen LogP contribution in [0.3, 0.4) is 0 Å². The normalized spacial score (nSPS) is 10.5. The lowest BCUT2D eigenvalue weighted by Crippen LogP contribution is -1.94. The zero-order chi connectivity index (χ0) is 15.4. The fraction of sp³-hybridized carbons (Fsp3) is 0.200. The van der Waals surface area contributed by atoms with Gasteiger partial charge in [0.05, 0.1) is 20.8 Å². The number of nitro groups is 2. The average Bonchev–Trinajstić information content (AvgIpc) is 2.86. The van der Waals surface area contributed by atoms with E-state index in [4.69, 9.17) is 0 Å². The molecule has 0 radical (unpaired) electrons. The third-order valence-electron chi connectivity index (χ3n) is 2.20. The fourth-order valence-electron chi connectivity index (χ4n) is 1.36. The van der Waals surface area contributed by atoms with E-state index in [1.54, 1.807) is 0 Å². The van der Waals surface area contributed by atoms with Crippen LogP contribution in [0, 0.1) is 20.2 Å². The molecule has 0 bridgehead atoms. The van der Waals surface area contributed by atoms with Crippen LogP contribution in [0.25, 0.3) is 0 Å². The van der Waals surface area contributed by atoms with Crippen molar-refractivity contribution in [1.29, 1.82) is 0 Å². The van der Waals surface area contributed by atoms with Crippen molar-refractivity contribution in [3.63, 3.8) is 0 Å². The summed E-state index contributed by atoms with van der Waals surface area (Å²) in [5, 5.41) is 29.6. The lowest BCUT2D eigenvalue weighted by atomic mass is 10.3. The van der Waals surface area contributed by atoms with Crippen LogP contribution in [0.1, 0.15) is 6.92 Å². The Kier molecular flexibility index (Phi) is 5.09. The zero-order valence-electron chi connectivity index (χ0n) is 10.6. The summed E-state index contributed by atoms with van der Waals surface area (Å²) in [5.74, 6) is 0.858. The van der Waals surface area contributed by atoms with Gasteiger partial charge in [0.15, 0.2) is 8.68 Å². The molecule has 110 valence electrons. The summed E-state index contributed by atoms with van der Waals surface area (Å²) in [4.78, 5) is 20.7. The molecule has 0 saturated heterocycles. The Morgan fingerprint density at radius 3 is 2.52 bits per heavy atom. The van der Waals surface area contributed by atoms with Gasteiger partial charge in [-0.3, -0.25) is 20.2 Å². The maximum Gasteiger partial charge on any atom is 0.290 e. The quantitative estimate of drug-likeness (QED) is 0.443. The number of non-ortho nitro benzene ring substituents is 1. The molecule has 0 N–H and O–H groups in total. The first-order valence-electron chi connectivity index (χ1n) is 5.58. The smallest absolute Gasteiger partial charge is 0.258 e. The zero-order valence-corrected chi connectivity index (χ0v) is 13.0. The number of hydrogen-bond donors (Lipinski definition) is 0. The number of nitrogens with zero attached hydrogens (tertiary/aromatic N) is 4. The number of hydrogen-bond acceptors (Lipinski definition) is 9. The number of rotatable bonds is 6. The van der Waals surface area contributed by atoms with E-state index in [-0.39, 0.29) is 11.4 Å². The summed E-state index contributed by atoms with van der Waals surface area (Å²) in [6, 6.07) is 3.54. The van der Waals surface area contributed by atoms with E-state index >= 15 is 0 Å². The van der Waals surface area contributed by atoms with Gasteiger partial charge >= 0.3 is 0 Å². The highest BCUT2D eigenvalue weighted by molar-refractivity contribution is 8.03. The van der Waals surface area contributed by atoms with Gasteiger partial charge in [-0.25, -0.2) is 0 Å². The molecule has 2 aromatic rings. The minimum absolute atomic E-state index is 0.301. The second kappa shape index (κ2) is 6.83. The largest absolute Gasteiger partial charge is 0.290 e. The Hall–Kier alpha value is -1.72. The summed E-state index contributed by atoms with van der Waals surface area (Å²) >= 11 is 3.94. The SMILES string of the molecule is CCSc1nnc(Sc2ccc([N+](=O)[O-])cc2[N+](=O)[O-])s1. The Bertz CT molecular complexity index is 691. The Balaban J connectivity index is 2.29. The van der Waals surface area contributed by atoms with Crippen LogP contribution < -0.4 is 0 Å². The molecule has 0 spiro atoms. The molecule has 1 aromatic heterocycles. The first-order valence-corrected chi connectivity index (χ1v) is 8.20. The summed E-state index contributed by atoms with van der Waals surface area (Å²) in [7, 11) is 0. The van der Waals surface area contributed by atoms with Crippen LogP contribution in [-0.4, -0.2) is 25.8 Å². The van der Waals surface area contributed by atoms with Gasteiger partial charge in [-0.05, 0) is 11.8 Å². The Labute approximate surface area is 131 Å². The number of thioether (sulfide) groups is 1. The maximum absolute atomic E-state index is 11.0. The van der Waals surface area contributed by atoms with Gasteiger partial charge < -0.3 is 0 Å². The van der Waals surface area contributed by atoms with Crippen molar-refractivity contribution in [1.82, 2.24) is 10.2 Å². The van der Waals surface area contributed by atoms with Crippen molar-refractivity contribution >= 4 is 46.2 Å². The van der Waals surface area contributed by atoms with Crippen molar-refractivity contribution in [3.05, 3.63) is 38.4 Å². The minimum Gasteiger partial charge on any atom is -0.258 e. The predicted octanol–water partition coefficient (Wildman–Crippen LogP) is 3.62. The van der Waals surface area contributed by atoms with Gasteiger partial charge in [0.2, 0.25) is 0 Å². The first-order chi connectivity index (χ1) is 10.0. The van der Waals surface area contributed by atoms with Crippen LogP contribution in [0.5, 0.6) is 0 Å². The van der Waals surface area contributed by atoms with Crippen LogP contribution in [-0.2, 0) is 0 Å². The molecule has 1 heterocycles. The molecular formula is C10H8N4O4S3. The summed E-state index contributed by atoms with van der Waals surface area (Å²) in [6.45, 7) is 1.99. The van der Waals surface area contributed by atoms with Crippen molar-refractivity contribution in [2.24, 2.45) is 0 Å². The van der Waals surface area contributed by atoms with Gasteiger partial charge in [0.25, 0.3) is 11.4 Å². The Morgan fingerprint density at radius 2 is 1.90 bits per heavy atom. The van der Waals surface area contributed by atoms with Crippen molar-refractivity contribution in [3.8, 4) is 0 Å². The highest BCUT2D eigenvalue weighted by Gasteiger charge is 2.21. The Morgan fingerprint density at radius 1 is 1.19 bits per heavy atom. The predicted molar refractivity (Wildman–Crippen MR) is 80.2 cm³/mol. The third-order valence-corrected chi connectivity index (χ3v) is 5.26. The maximum atomic E-state index is 11.0. The van der Waals surface area contributed by atoms with Crippen LogP contribution in [0.2, 0.25) is 0 Å². The average molecular weight is 344 g/mol. The number of nitro benzene ring substituents is 2. The highest BCUT2D eigenvalue weighted by Crippen LogP contribution is 2.39. The lowest BCUT2D eigenvalue weighted by molar-refractivity contribution is -0.396. The molecule has 1 aromatic carbocycles. The van der Waals surface area contributed by atoms with Gasteiger partial charge in [-0.2, -0.15) is 0 Å². The monoisotopic (exact) mass is 344 g/mol. The second-order valence-electron chi connectivity index (χ2n) is 3.54. The first kappa shape index (κ1) is 15.7. The van der Waals surface area contributed by atoms with E-state index < -0.39 is 9.85 Å². The number of benzene rings is 1. The van der Waals surface area contributed by atoms with Crippen molar-refractivity contribution in [2.45, 2.75) is 20.5 Å². The molecule has 0 saturated carbocycles. The molecule has 0 amide bonds. The van der Waals surface area contributed by atoms with E-state index in [0.717, 1.165) is 27.9 Å². The van der Waals surface area contributed by atoms with E-state index in [1.807, 2.05) is 6.92 Å². The lowest BCUT2D eigenvalue weighted by Gasteiger charge is -1.99. The van der Waals surface area contributed by atoms with Crippen LogP contribution >= 0.6 is 34.9 Å². The highest BCUT2D eigenvalue weighted by atomic mass is 32.2. The molecule has 11 heteroatoms. The van der Waals surface area contributed by atoms with Crippen molar-refractivity contribution < 1.29 is 9.85 Å². The molecular weight excluding hydrogens is 336 g/mol. The molecule has 0 aliphatic carbocycles. The fourth-order valence-corrected chi connectivity index (χ4v) is 4.32. The summed E-state index contributed by atoms with van der Waals surface area (Å²) < 4.78 is 1.34. The molecule has 2 rings (SSSR count). The topological polar surface area (TPSA) is 112 Å². The van der Waals surface area contributed by atoms with Gasteiger partial charge in [0.1, 0.15) is 0 Å². The van der Waals surface area contributed by atoms with E-state index in [1.165, 1.54) is 35.2 Å². The molecule has 0 aliphatic rings. The summed E-state index contributed by atoms with van der Waals surface area (Å²) in [6.07, 6.45) is 0. The molecule has 0 fully saturated rings. The number of aromatic nitrogens is 2. The van der Waals surface area contributed by atoms with Crippen LogP contribution in [0.15, 0.2) is 31.8 Å². The van der Waals surface area contributed by atoms with E-state index in [9.17, 15) is 20.2 Å². The van der Waals surface area contributed by atoms with E-state index in [0.29, 0.717) is 9.24 Å². The van der Waals surface area contributed by atoms with E-state index in [2.05, 4.69) is 10.2 Å². The van der Waals surface area contributed by atoms with Crippen LogP contribution in [0.4, 0.5) is 11.4 Å². The third kappa shape index (κ3) is 3.89. The standard InChI is InChI=1S/C10H8N4O4S3/c1-2-19-9-11-12-10(21-9)20-8-4-3-6(13(15)16)5-7(8)14(17)18/h3-5H,2H2,1H3. The van der Waals surface area contributed by atoms with Gasteiger partial charge in [-0.1, -0.05) is 41.8 Å².